The van der Waals surface area contributed by atoms with Gasteiger partial charge in [0, 0.05) is 41.1 Å². The summed E-state index contributed by atoms with van der Waals surface area (Å²) in [4.78, 5) is 20.0. The summed E-state index contributed by atoms with van der Waals surface area (Å²) in [5, 5.41) is 9.50. The van der Waals surface area contributed by atoms with Crippen LogP contribution >= 0.6 is 0 Å². The van der Waals surface area contributed by atoms with E-state index in [4.69, 9.17) is 4.98 Å². The largest absolute Gasteiger partial charge is 0.661 e. The van der Waals surface area contributed by atoms with Crippen LogP contribution in [0, 0.1) is 6.92 Å². The predicted molar refractivity (Wildman–Crippen MR) is 86.6 cm³/mol. The van der Waals surface area contributed by atoms with E-state index in [0.29, 0.717) is 11.4 Å². The summed E-state index contributed by atoms with van der Waals surface area (Å²) in [7, 11) is 0. The van der Waals surface area contributed by atoms with Crippen LogP contribution in [0.4, 0.5) is 0 Å². The van der Waals surface area contributed by atoms with Gasteiger partial charge < -0.3 is 10.3 Å². The molecule has 1 aliphatic heterocycles. The van der Waals surface area contributed by atoms with Gasteiger partial charge in [-0.25, -0.2) is 9.67 Å². The molecule has 0 spiro atoms. The van der Waals surface area contributed by atoms with Crippen LogP contribution in [0.2, 0.25) is 0 Å². The fraction of sp³-hybridized carbons (Fsp3) is 0.667. The summed E-state index contributed by atoms with van der Waals surface area (Å²) in [6.45, 7) is 3.44. The van der Waals surface area contributed by atoms with Crippen LogP contribution in [0.25, 0.3) is 16.4 Å². The van der Waals surface area contributed by atoms with Crippen molar-refractivity contribution in [1.82, 2.24) is 19.7 Å². The minimum absolute atomic E-state index is 0. The maximum Gasteiger partial charge on any atom is 0.262 e. The molecule has 23 heavy (non-hydrogen) atoms. The van der Waals surface area contributed by atoms with Gasteiger partial charge in [-0.1, -0.05) is 19.3 Å². The Kier molecular flexibility index (Phi) is 6.20. The summed E-state index contributed by atoms with van der Waals surface area (Å²) in [6.07, 6.45) is 6.06. The van der Waals surface area contributed by atoms with Gasteiger partial charge >= 0.3 is 0 Å². The molecule has 0 atom stereocenters. The van der Waals surface area contributed by atoms with Crippen molar-refractivity contribution in [3.8, 4) is 0 Å². The molecule has 3 heterocycles. The van der Waals surface area contributed by atoms with Crippen LogP contribution in [-0.2, 0) is 32.7 Å². The van der Waals surface area contributed by atoms with Crippen molar-refractivity contribution in [2.24, 2.45) is 0 Å². The van der Waals surface area contributed by atoms with Crippen LogP contribution in [0.3, 0.4) is 0 Å². The van der Waals surface area contributed by atoms with Crippen molar-refractivity contribution >= 4 is 19.4 Å². The van der Waals surface area contributed by atoms with Crippen molar-refractivity contribution in [2.45, 2.75) is 51.0 Å². The normalized spacial score (nSPS) is 19.0. The maximum absolute atomic E-state index is 12.4. The van der Waals surface area contributed by atoms with Crippen LogP contribution in [-0.4, -0.2) is 41.3 Å². The molecule has 1 aliphatic carbocycles. The first kappa shape index (κ1) is 18.8. The van der Waals surface area contributed by atoms with E-state index in [1.54, 1.807) is 0 Å². The second-order valence-electron chi connectivity index (χ2n) is 6.26. The topological polar surface area (TPSA) is 77.7 Å². The second kappa shape index (κ2) is 7.58. The SMILES string of the molecule is Cc1nn(C2CCCCC2)c2nc(C3C[N-]C3)[nH]c(=O)c12.[B].[Y]. The van der Waals surface area contributed by atoms with E-state index in [0.717, 1.165) is 43.1 Å². The van der Waals surface area contributed by atoms with Gasteiger partial charge in [0.15, 0.2) is 5.65 Å². The summed E-state index contributed by atoms with van der Waals surface area (Å²) >= 11 is 0. The predicted octanol–water partition coefficient (Wildman–Crippen LogP) is 2.02. The number of aromatic nitrogens is 4. The van der Waals surface area contributed by atoms with Gasteiger partial charge in [0.1, 0.15) is 11.2 Å². The Hall–Kier alpha value is -0.521. The van der Waals surface area contributed by atoms with E-state index in [2.05, 4.69) is 15.4 Å². The first-order valence-electron chi connectivity index (χ1n) is 7.86. The zero-order chi connectivity index (χ0) is 14.4. The molecule has 1 saturated carbocycles. The Morgan fingerprint density at radius 1 is 1.22 bits per heavy atom. The molecule has 6 nitrogen and oxygen atoms in total. The number of hydrogen-bond donors (Lipinski definition) is 1. The van der Waals surface area contributed by atoms with Crippen molar-refractivity contribution in [3.05, 3.63) is 27.2 Å². The molecule has 8 heteroatoms. The molecule has 0 amide bonds. The average molecular weight is 386 g/mol. The Labute approximate surface area is 162 Å². The third-order valence-electron chi connectivity index (χ3n) is 4.76. The van der Waals surface area contributed by atoms with Crippen LogP contribution in [0.5, 0.6) is 0 Å². The number of aryl methyl sites for hydroxylation is 1. The summed E-state index contributed by atoms with van der Waals surface area (Å²) in [5.74, 6) is 1.05. The monoisotopic (exact) mass is 386 g/mol. The molecular weight excluding hydrogens is 366 g/mol. The van der Waals surface area contributed by atoms with E-state index in [9.17, 15) is 4.79 Å². The Morgan fingerprint density at radius 2 is 1.91 bits per heavy atom. The fourth-order valence-electron chi connectivity index (χ4n) is 3.43. The number of nitrogens with zero attached hydrogens (tertiary/aromatic N) is 4. The molecular formula is C15H20BN5OY-. The average Bonchev–Trinajstić information content (AvgIpc) is 2.75. The van der Waals surface area contributed by atoms with E-state index in [1.807, 2.05) is 11.6 Å². The third kappa shape index (κ3) is 3.33. The van der Waals surface area contributed by atoms with Crippen molar-refractivity contribution < 1.29 is 32.7 Å². The standard InChI is InChI=1S/C15H20N5O.B.Y/c1-9-12-14(20(19-9)11-5-3-2-4-6-11)17-13(18-15(12)21)10-7-16-8-10;;/h10-11H,2-8H2,1H3,(H,17,18,21);;/q-1;;. The quantitative estimate of drug-likeness (QED) is 0.803. The fourth-order valence-corrected chi connectivity index (χ4v) is 3.43. The van der Waals surface area contributed by atoms with E-state index < -0.39 is 0 Å². The molecule has 0 unspecified atom stereocenters. The zero-order valence-corrected chi connectivity index (χ0v) is 16.3. The van der Waals surface area contributed by atoms with Gasteiger partial charge in [-0.05, 0) is 25.7 Å². The second-order valence-corrected chi connectivity index (χ2v) is 6.26. The van der Waals surface area contributed by atoms with E-state index in [-0.39, 0.29) is 52.6 Å². The van der Waals surface area contributed by atoms with Gasteiger partial charge in [-0.2, -0.15) is 5.10 Å². The molecule has 1 N–H and O–H groups in total. The molecule has 2 aromatic rings. The molecule has 0 aromatic carbocycles. The number of H-pyrrole nitrogens is 1. The third-order valence-corrected chi connectivity index (χ3v) is 4.76. The van der Waals surface area contributed by atoms with Crippen molar-refractivity contribution in [2.75, 3.05) is 13.1 Å². The van der Waals surface area contributed by atoms with Gasteiger partial charge in [-0.3, -0.25) is 4.79 Å². The van der Waals surface area contributed by atoms with E-state index >= 15 is 0 Å². The minimum atomic E-state index is -0.0542. The summed E-state index contributed by atoms with van der Waals surface area (Å²) in [5.41, 5.74) is 1.50. The zero-order valence-electron chi connectivity index (χ0n) is 13.5. The van der Waals surface area contributed by atoms with Crippen LogP contribution < -0.4 is 5.56 Å². The van der Waals surface area contributed by atoms with Crippen LogP contribution in [0.15, 0.2) is 4.79 Å². The smallest absolute Gasteiger partial charge is 0.262 e. The van der Waals surface area contributed by atoms with Gasteiger partial charge in [0.05, 0.1) is 11.7 Å². The number of aromatic amines is 1. The molecule has 4 radical (unpaired) electrons. The Bertz CT molecular complexity index is 733. The molecule has 2 aromatic heterocycles. The summed E-state index contributed by atoms with van der Waals surface area (Å²) in [6, 6.07) is 0.392. The van der Waals surface area contributed by atoms with Gasteiger partial charge in [-0.15, -0.1) is 13.1 Å². The van der Waals surface area contributed by atoms with Crippen LogP contribution in [0.1, 0.15) is 55.6 Å². The first-order chi connectivity index (χ1) is 10.2. The number of nitrogens with one attached hydrogen (secondary N) is 1. The summed E-state index contributed by atoms with van der Waals surface area (Å²) < 4.78 is 2.01. The Balaban J connectivity index is 0.000000960. The molecule has 4 rings (SSSR count). The molecule has 2 aliphatic rings. The minimum Gasteiger partial charge on any atom is -0.661 e. The Morgan fingerprint density at radius 3 is 2.52 bits per heavy atom. The number of fused-ring (bicyclic) bond motifs is 1. The molecule has 0 bridgehead atoms. The first-order valence-corrected chi connectivity index (χ1v) is 7.86. The van der Waals surface area contributed by atoms with Crippen molar-refractivity contribution in [1.29, 1.82) is 0 Å². The molecule has 2 fully saturated rings. The maximum atomic E-state index is 12.4. The van der Waals surface area contributed by atoms with Crippen molar-refractivity contribution in [3.63, 3.8) is 0 Å². The van der Waals surface area contributed by atoms with E-state index in [1.165, 1.54) is 19.3 Å². The van der Waals surface area contributed by atoms with Gasteiger partial charge in [0.25, 0.3) is 5.56 Å². The molecule has 1 saturated heterocycles. The number of hydrogen-bond acceptors (Lipinski definition) is 3. The molecule has 118 valence electrons. The number of rotatable bonds is 2. The van der Waals surface area contributed by atoms with Gasteiger partial charge in [0.2, 0.25) is 0 Å².